The topological polar surface area (TPSA) is 125 Å². The lowest BCUT2D eigenvalue weighted by atomic mass is 10.2. The van der Waals surface area contributed by atoms with Crippen LogP contribution in [-0.2, 0) is 20.9 Å². The first-order valence-electron chi connectivity index (χ1n) is 7.09. The standard InChI is InChI=1S/C15H20N2O6/c1-2-11(14(20)21)16-13(19)12(8-18)17-15(22)23-9-10-6-4-3-5-7-10/h3-7,11-12,18H,2,8-9H2,1H3,(H,16,19)(H,17,22)(H,20,21). The van der Waals surface area contributed by atoms with Gasteiger partial charge in [0.15, 0.2) is 0 Å². The van der Waals surface area contributed by atoms with Crippen LogP contribution in [0.2, 0.25) is 0 Å². The Bertz CT molecular complexity index is 534. The summed E-state index contributed by atoms with van der Waals surface area (Å²) >= 11 is 0. The van der Waals surface area contributed by atoms with E-state index in [4.69, 9.17) is 9.84 Å². The smallest absolute Gasteiger partial charge is 0.408 e. The maximum Gasteiger partial charge on any atom is 0.408 e. The Balaban J connectivity index is 2.49. The van der Waals surface area contributed by atoms with Crippen LogP contribution in [0.25, 0.3) is 0 Å². The van der Waals surface area contributed by atoms with Crippen LogP contribution in [0.3, 0.4) is 0 Å². The molecular formula is C15H20N2O6. The Labute approximate surface area is 133 Å². The van der Waals surface area contributed by atoms with E-state index in [1.807, 2.05) is 6.07 Å². The van der Waals surface area contributed by atoms with Gasteiger partial charge in [0.05, 0.1) is 6.61 Å². The zero-order valence-electron chi connectivity index (χ0n) is 12.7. The number of carbonyl (C=O) groups excluding carboxylic acids is 2. The Kier molecular flexibility index (Phi) is 7.55. The zero-order valence-corrected chi connectivity index (χ0v) is 12.7. The molecule has 0 radical (unpaired) electrons. The molecule has 0 spiro atoms. The lowest BCUT2D eigenvalue weighted by molar-refractivity contribution is -0.142. The molecule has 126 valence electrons. The number of aliphatic hydroxyl groups is 1. The molecule has 4 N–H and O–H groups in total. The SMILES string of the molecule is CCC(NC(=O)C(CO)NC(=O)OCc1ccccc1)C(=O)O. The summed E-state index contributed by atoms with van der Waals surface area (Å²) in [5.41, 5.74) is 0.768. The molecule has 0 aromatic heterocycles. The van der Waals surface area contributed by atoms with E-state index < -0.39 is 36.7 Å². The molecular weight excluding hydrogens is 304 g/mol. The molecule has 0 aliphatic heterocycles. The first kappa shape index (κ1) is 18.4. The minimum Gasteiger partial charge on any atom is -0.480 e. The van der Waals surface area contributed by atoms with Gasteiger partial charge in [-0.1, -0.05) is 37.3 Å². The largest absolute Gasteiger partial charge is 0.480 e. The molecule has 0 saturated carbocycles. The summed E-state index contributed by atoms with van der Waals surface area (Å²) in [5, 5.41) is 22.5. The summed E-state index contributed by atoms with van der Waals surface area (Å²) < 4.78 is 4.93. The van der Waals surface area contributed by atoms with Crippen molar-refractivity contribution in [3.63, 3.8) is 0 Å². The van der Waals surface area contributed by atoms with E-state index in [-0.39, 0.29) is 13.0 Å². The van der Waals surface area contributed by atoms with Crippen LogP contribution in [0, 0.1) is 0 Å². The third kappa shape index (κ3) is 6.35. The maximum atomic E-state index is 11.9. The fourth-order valence-corrected chi connectivity index (χ4v) is 1.71. The summed E-state index contributed by atoms with van der Waals surface area (Å²) in [4.78, 5) is 34.4. The molecule has 2 unspecified atom stereocenters. The van der Waals surface area contributed by atoms with Gasteiger partial charge in [0, 0.05) is 0 Å². The van der Waals surface area contributed by atoms with Crippen LogP contribution in [0.15, 0.2) is 30.3 Å². The minimum atomic E-state index is -1.29. The monoisotopic (exact) mass is 324 g/mol. The second kappa shape index (κ2) is 9.42. The van der Waals surface area contributed by atoms with Gasteiger partial charge >= 0.3 is 12.1 Å². The molecule has 0 bridgehead atoms. The van der Waals surface area contributed by atoms with Crippen LogP contribution in [-0.4, -0.2) is 46.9 Å². The number of carboxylic acids is 1. The first-order chi connectivity index (χ1) is 11.0. The highest BCUT2D eigenvalue weighted by molar-refractivity contribution is 5.89. The van der Waals surface area contributed by atoms with Gasteiger partial charge in [0.25, 0.3) is 0 Å². The van der Waals surface area contributed by atoms with Gasteiger partial charge in [-0.05, 0) is 12.0 Å². The van der Waals surface area contributed by atoms with Gasteiger partial charge < -0.3 is 25.6 Å². The summed E-state index contributed by atoms with van der Waals surface area (Å²) in [5.74, 6) is -1.98. The Morgan fingerprint density at radius 1 is 1.13 bits per heavy atom. The summed E-state index contributed by atoms with van der Waals surface area (Å²) in [7, 11) is 0. The Morgan fingerprint density at radius 2 is 1.78 bits per heavy atom. The van der Waals surface area contributed by atoms with E-state index in [0.29, 0.717) is 0 Å². The normalized spacial score (nSPS) is 12.8. The number of aliphatic hydroxyl groups excluding tert-OH is 1. The van der Waals surface area contributed by atoms with Gasteiger partial charge in [-0.15, -0.1) is 0 Å². The van der Waals surface area contributed by atoms with E-state index in [9.17, 15) is 19.5 Å². The minimum absolute atomic E-state index is 0.0130. The second-order valence-corrected chi connectivity index (χ2v) is 4.75. The molecule has 23 heavy (non-hydrogen) atoms. The molecule has 1 aromatic carbocycles. The van der Waals surface area contributed by atoms with Crippen LogP contribution in [0.4, 0.5) is 4.79 Å². The molecule has 0 saturated heterocycles. The van der Waals surface area contributed by atoms with Gasteiger partial charge in [-0.3, -0.25) is 4.79 Å². The molecule has 0 aliphatic carbocycles. The number of nitrogens with one attached hydrogen (secondary N) is 2. The van der Waals surface area contributed by atoms with Gasteiger partial charge in [-0.25, -0.2) is 9.59 Å². The van der Waals surface area contributed by atoms with E-state index in [0.717, 1.165) is 5.56 Å². The maximum absolute atomic E-state index is 11.9. The fraction of sp³-hybridized carbons (Fsp3) is 0.400. The number of rotatable bonds is 8. The predicted octanol–water partition coefficient (Wildman–Crippen LogP) is 0.253. The number of aliphatic carboxylic acids is 1. The van der Waals surface area contributed by atoms with Crippen LogP contribution >= 0.6 is 0 Å². The quantitative estimate of drug-likeness (QED) is 0.543. The van der Waals surface area contributed by atoms with Crippen molar-refractivity contribution in [2.24, 2.45) is 0 Å². The highest BCUT2D eigenvalue weighted by Gasteiger charge is 2.25. The first-order valence-corrected chi connectivity index (χ1v) is 7.09. The van der Waals surface area contributed by atoms with Crippen molar-refractivity contribution in [1.29, 1.82) is 0 Å². The Hall–Kier alpha value is -2.61. The van der Waals surface area contributed by atoms with Crippen molar-refractivity contribution in [3.05, 3.63) is 35.9 Å². The predicted molar refractivity (Wildman–Crippen MR) is 80.5 cm³/mol. The number of carbonyl (C=O) groups is 3. The lowest BCUT2D eigenvalue weighted by Gasteiger charge is -2.19. The molecule has 8 nitrogen and oxygen atoms in total. The average molecular weight is 324 g/mol. The number of ether oxygens (including phenoxy) is 1. The van der Waals surface area contributed by atoms with Crippen molar-refractivity contribution in [2.45, 2.75) is 32.0 Å². The highest BCUT2D eigenvalue weighted by atomic mass is 16.5. The average Bonchev–Trinajstić information content (AvgIpc) is 2.56. The number of carboxylic acid groups (broad SMARTS) is 1. The molecule has 0 aliphatic rings. The van der Waals surface area contributed by atoms with Crippen molar-refractivity contribution in [1.82, 2.24) is 10.6 Å². The summed E-state index contributed by atoms with van der Waals surface area (Å²) in [6, 6.07) is 6.56. The molecule has 1 aromatic rings. The van der Waals surface area contributed by atoms with Crippen molar-refractivity contribution < 1.29 is 29.3 Å². The van der Waals surface area contributed by atoms with Crippen molar-refractivity contribution in [3.8, 4) is 0 Å². The summed E-state index contributed by atoms with van der Waals surface area (Å²) in [6.07, 6.45) is -0.705. The number of benzene rings is 1. The molecule has 8 heteroatoms. The van der Waals surface area contributed by atoms with E-state index >= 15 is 0 Å². The molecule has 1 rings (SSSR count). The summed E-state index contributed by atoms with van der Waals surface area (Å²) in [6.45, 7) is 0.927. The van der Waals surface area contributed by atoms with Crippen molar-refractivity contribution in [2.75, 3.05) is 6.61 Å². The van der Waals surface area contributed by atoms with Gasteiger partial charge in [0.1, 0.15) is 18.7 Å². The lowest BCUT2D eigenvalue weighted by Crippen LogP contribution is -2.53. The van der Waals surface area contributed by atoms with Crippen LogP contribution in [0.1, 0.15) is 18.9 Å². The van der Waals surface area contributed by atoms with E-state index in [1.54, 1.807) is 31.2 Å². The third-order valence-corrected chi connectivity index (χ3v) is 3.03. The number of alkyl carbamates (subject to hydrolysis) is 1. The zero-order chi connectivity index (χ0) is 17.2. The molecule has 0 fully saturated rings. The number of amides is 2. The van der Waals surface area contributed by atoms with E-state index in [2.05, 4.69) is 10.6 Å². The van der Waals surface area contributed by atoms with E-state index in [1.165, 1.54) is 0 Å². The highest BCUT2D eigenvalue weighted by Crippen LogP contribution is 2.01. The Morgan fingerprint density at radius 3 is 2.30 bits per heavy atom. The molecule has 2 amide bonds. The number of hydrogen-bond donors (Lipinski definition) is 4. The molecule has 2 atom stereocenters. The van der Waals surface area contributed by atoms with Crippen LogP contribution in [0.5, 0.6) is 0 Å². The number of hydrogen-bond acceptors (Lipinski definition) is 5. The van der Waals surface area contributed by atoms with Gasteiger partial charge in [-0.2, -0.15) is 0 Å². The van der Waals surface area contributed by atoms with Crippen LogP contribution < -0.4 is 10.6 Å². The third-order valence-electron chi connectivity index (χ3n) is 3.03. The van der Waals surface area contributed by atoms with Crippen molar-refractivity contribution >= 4 is 18.0 Å². The molecule has 0 heterocycles. The second-order valence-electron chi connectivity index (χ2n) is 4.75. The van der Waals surface area contributed by atoms with Gasteiger partial charge in [0.2, 0.25) is 5.91 Å². The fourth-order valence-electron chi connectivity index (χ4n) is 1.71.